The molecular weight excluding hydrogens is 192 g/mol. The Bertz CT molecular complexity index is 358. The maximum Gasteiger partial charge on any atom is 0.309 e. The molecular formula is C9H11F2NO2. The lowest BCUT2D eigenvalue weighted by Gasteiger charge is -2.13. The van der Waals surface area contributed by atoms with Gasteiger partial charge in [0.2, 0.25) is 0 Å². The summed E-state index contributed by atoms with van der Waals surface area (Å²) in [5.74, 6) is -4.81. The highest BCUT2D eigenvalue weighted by Gasteiger charge is 2.36. The number of aryl methyl sites for hydroxylation is 2. The van der Waals surface area contributed by atoms with Gasteiger partial charge in [-0.05, 0) is 19.9 Å². The number of alkyl halides is 2. The molecule has 3 nitrogen and oxygen atoms in total. The van der Waals surface area contributed by atoms with Crippen molar-refractivity contribution in [3.05, 3.63) is 23.0 Å². The molecule has 0 spiro atoms. The van der Waals surface area contributed by atoms with Crippen LogP contribution in [-0.4, -0.2) is 16.1 Å². The maximum atomic E-state index is 13.3. The van der Waals surface area contributed by atoms with Crippen molar-refractivity contribution in [2.24, 2.45) is 0 Å². The Morgan fingerprint density at radius 1 is 1.57 bits per heavy atom. The van der Waals surface area contributed by atoms with Gasteiger partial charge in [0.25, 0.3) is 5.92 Å². The van der Waals surface area contributed by atoms with E-state index in [1.165, 1.54) is 13.0 Å². The predicted molar refractivity (Wildman–Crippen MR) is 46.4 cm³/mol. The molecule has 0 aliphatic carbocycles. The first kappa shape index (κ1) is 10.7. The number of H-pyrrole nitrogens is 1. The minimum Gasteiger partial charge on any atom is -0.481 e. The highest BCUT2D eigenvalue weighted by atomic mass is 19.3. The number of halogens is 2. The fraction of sp³-hybridized carbons (Fsp3) is 0.444. The van der Waals surface area contributed by atoms with Gasteiger partial charge in [0.1, 0.15) is 6.42 Å². The summed E-state index contributed by atoms with van der Waals surface area (Å²) in [7, 11) is 0. The molecule has 1 aromatic heterocycles. The molecule has 1 rings (SSSR count). The van der Waals surface area contributed by atoms with Gasteiger partial charge in [-0.1, -0.05) is 0 Å². The van der Waals surface area contributed by atoms with Crippen molar-refractivity contribution < 1.29 is 18.7 Å². The summed E-state index contributed by atoms with van der Waals surface area (Å²) in [5.41, 5.74) is 0.675. The largest absolute Gasteiger partial charge is 0.481 e. The molecule has 0 atom stereocenters. The standard InChI is InChI=1S/C9H11F2NO2/c1-5-3-7(6(2)12-5)9(10,11)4-8(13)14/h3,12H,4H2,1-2H3,(H,13,14). The smallest absolute Gasteiger partial charge is 0.309 e. The molecule has 0 unspecified atom stereocenters. The normalized spacial score (nSPS) is 11.7. The molecule has 0 aromatic carbocycles. The van der Waals surface area contributed by atoms with Gasteiger partial charge in [0.15, 0.2) is 0 Å². The molecule has 0 saturated carbocycles. The van der Waals surface area contributed by atoms with Gasteiger partial charge in [-0.3, -0.25) is 4.79 Å². The Kier molecular flexibility index (Phi) is 2.59. The van der Waals surface area contributed by atoms with E-state index in [1.807, 2.05) is 0 Å². The van der Waals surface area contributed by atoms with Gasteiger partial charge in [-0.25, -0.2) is 8.78 Å². The van der Waals surface area contributed by atoms with Crippen LogP contribution in [0.3, 0.4) is 0 Å². The van der Waals surface area contributed by atoms with E-state index < -0.39 is 18.3 Å². The number of hydrogen-bond acceptors (Lipinski definition) is 1. The van der Waals surface area contributed by atoms with Crippen LogP contribution in [0.25, 0.3) is 0 Å². The van der Waals surface area contributed by atoms with Gasteiger partial charge in [-0.2, -0.15) is 0 Å². The highest BCUT2D eigenvalue weighted by Crippen LogP contribution is 2.34. The number of carboxylic acid groups (broad SMARTS) is 1. The van der Waals surface area contributed by atoms with Crippen LogP contribution in [0.5, 0.6) is 0 Å². The van der Waals surface area contributed by atoms with Gasteiger partial charge >= 0.3 is 5.97 Å². The van der Waals surface area contributed by atoms with Gasteiger partial charge in [0.05, 0.1) is 0 Å². The Labute approximate surface area is 79.8 Å². The fourth-order valence-electron chi connectivity index (χ4n) is 1.39. The lowest BCUT2D eigenvalue weighted by molar-refractivity contribution is -0.145. The van der Waals surface area contributed by atoms with Crippen molar-refractivity contribution in [2.75, 3.05) is 0 Å². The van der Waals surface area contributed by atoms with Crippen LogP contribution in [-0.2, 0) is 10.7 Å². The van der Waals surface area contributed by atoms with E-state index in [0.717, 1.165) is 0 Å². The summed E-state index contributed by atoms with van der Waals surface area (Å²) in [4.78, 5) is 12.9. The maximum absolute atomic E-state index is 13.3. The minimum atomic E-state index is -3.30. The number of hydrogen-bond donors (Lipinski definition) is 2. The van der Waals surface area contributed by atoms with E-state index in [-0.39, 0.29) is 5.56 Å². The van der Waals surface area contributed by atoms with Crippen LogP contribution in [0.2, 0.25) is 0 Å². The van der Waals surface area contributed by atoms with E-state index in [9.17, 15) is 13.6 Å². The van der Waals surface area contributed by atoms with Crippen LogP contribution < -0.4 is 0 Å². The molecule has 14 heavy (non-hydrogen) atoms. The summed E-state index contributed by atoms with van der Waals surface area (Å²) in [5, 5.41) is 8.32. The van der Waals surface area contributed by atoms with E-state index in [4.69, 9.17) is 5.11 Å². The topological polar surface area (TPSA) is 53.1 Å². The molecule has 0 fully saturated rings. The molecule has 5 heteroatoms. The first-order chi connectivity index (χ1) is 6.33. The second-order valence-corrected chi connectivity index (χ2v) is 3.27. The minimum absolute atomic E-state index is 0.239. The summed E-state index contributed by atoms with van der Waals surface area (Å²) in [6.45, 7) is 3.14. The van der Waals surface area contributed by atoms with Crippen LogP contribution in [0.15, 0.2) is 6.07 Å². The van der Waals surface area contributed by atoms with Gasteiger partial charge in [0, 0.05) is 17.0 Å². The molecule has 1 heterocycles. The van der Waals surface area contributed by atoms with Gasteiger partial charge < -0.3 is 10.1 Å². The Balaban J connectivity index is 3.02. The average molecular weight is 203 g/mol. The molecule has 2 N–H and O–H groups in total. The second kappa shape index (κ2) is 3.40. The lowest BCUT2D eigenvalue weighted by atomic mass is 10.1. The zero-order chi connectivity index (χ0) is 10.9. The Morgan fingerprint density at radius 2 is 2.14 bits per heavy atom. The Hall–Kier alpha value is -1.39. The molecule has 0 saturated heterocycles. The van der Waals surface area contributed by atoms with Crippen LogP contribution >= 0.6 is 0 Å². The van der Waals surface area contributed by atoms with Crippen molar-refractivity contribution in [1.29, 1.82) is 0 Å². The highest BCUT2D eigenvalue weighted by molar-refractivity contribution is 5.68. The third-order valence-corrected chi connectivity index (χ3v) is 1.92. The molecule has 0 aliphatic rings. The zero-order valence-corrected chi connectivity index (χ0v) is 7.90. The first-order valence-electron chi connectivity index (χ1n) is 4.09. The number of carbonyl (C=O) groups is 1. The number of nitrogens with one attached hydrogen (secondary N) is 1. The van der Waals surface area contributed by atoms with Crippen molar-refractivity contribution in [3.8, 4) is 0 Å². The van der Waals surface area contributed by atoms with Crippen LogP contribution in [0.4, 0.5) is 8.78 Å². The van der Waals surface area contributed by atoms with E-state index in [1.54, 1.807) is 6.92 Å². The van der Waals surface area contributed by atoms with E-state index in [0.29, 0.717) is 11.4 Å². The van der Waals surface area contributed by atoms with Crippen molar-refractivity contribution in [1.82, 2.24) is 4.98 Å². The van der Waals surface area contributed by atoms with Crippen LogP contribution in [0.1, 0.15) is 23.4 Å². The molecule has 78 valence electrons. The number of carboxylic acids is 1. The summed E-state index contributed by atoms with van der Waals surface area (Å²) >= 11 is 0. The number of aromatic nitrogens is 1. The van der Waals surface area contributed by atoms with E-state index >= 15 is 0 Å². The summed E-state index contributed by atoms with van der Waals surface area (Å²) in [6.07, 6.45) is -1.18. The monoisotopic (exact) mass is 203 g/mol. The van der Waals surface area contributed by atoms with Crippen molar-refractivity contribution in [2.45, 2.75) is 26.2 Å². The van der Waals surface area contributed by atoms with Crippen molar-refractivity contribution >= 4 is 5.97 Å². The number of aromatic amines is 1. The SMILES string of the molecule is Cc1cc(C(F)(F)CC(=O)O)c(C)[nH]1. The third-order valence-electron chi connectivity index (χ3n) is 1.92. The quantitative estimate of drug-likeness (QED) is 0.791. The molecule has 1 aromatic rings. The fourth-order valence-corrected chi connectivity index (χ4v) is 1.39. The first-order valence-corrected chi connectivity index (χ1v) is 4.09. The average Bonchev–Trinajstić information content (AvgIpc) is 2.27. The molecule has 0 amide bonds. The molecule has 0 radical (unpaired) electrons. The molecule has 0 bridgehead atoms. The lowest BCUT2D eigenvalue weighted by Crippen LogP contribution is -2.18. The number of rotatable bonds is 3. The summed E-state index contributed by atoms with van der Waals surface area (Å²) in [6, 6.07) is 1.28. The van der Waals surface area contributed by atoms with E-state index in [2.05, 4.69) is 4.98 Å². The zero-order valence-electron chi connectivity index (χ0n) is 7.90. The van der Waals surface area contributed by atoms with Gasteiger partial charge in [-0.15, -0.1) is 0 Å². The second-order valence-electron chi connectivity index (χ2n) is 3.27. The van der Waals surface area contributed by atoms with Crippen molar-refractivity contribution in [3.63, 3.8) is 0 Å². The Morgan fingerprint density at radius 3 is 2.50 bits per heavy atom. The molecule has 0 aliphatic heterocycles. The number of aliphatic carboxylic acids is 1. The predicted octanol–water partition coefficient (Wildman–Crippen LogP) is 2.20. The third kappa shape index (κ3) is 2.10. The van der Waals surface area contributed by atoms with Crippen LogP contribution in [0, 0.1) is 13.8 Å². The summed E-state index contributed by atoms with van der Waals surface area (Å²) < 4.78 is 26.6.